The van der Waals surface area contributed by atoms with E-state index in [4.69, 9.17) is 4.52 Å². The van der Waals surface area contributed by atoms with Crippen molar-refractivity contribution in [3.63, 3.8) is 0 Å². The monoisotopic (exact) mass is 344 g/mol. The summed E-state index contributed by atoms with van der Waals surface area (Å²) in [6.45, 7) is 1.91. The molecule has 0 aromatic carbocycles. The number of allylic oxidation sites excluding steroid dienone is 2. The number of imide groups is 1. The lowest BCUT2D eigenvalue weighted by Crippen LogP contribution is -2.43. The maximum absolute atomic E-state index is 12.6. The number of likely N-dealkylation sites (N-methyl/N-ethyl adjacent to an activating group) is 1. The highest BCUT2D eigenvalue weighted by molar-refractivity contribution is 6.08. The molecule has 1 aliphatic heterocycles. The lowest BCUT2D eigenvalue weighted by molar-refractivity contribution is -0.146. The number of carbonyl (C=O) groups is 3. The second-order valence-corrected chi connectivity index (χ2v) is 7.06. The zero-order valence-electron chi connectivity index (χ0n) is 14.2. The largest absolute Gasteiger partial charge is 0.344 e. The Balaban J connectivity index is 1.36. The summed E-state index contributed by atoms with van der Waals surface area (Å²) in [4.78, 5) is 44.3. The first kappa shape index (κ1) is 16.0. The number of nitrogens with zero attached hydrogens (tertiary/aromatic N) is 4. The fraction of sp³-hybridized carbons (Fsp3) is 0.588. The third-order valence-corrected chi connectivity index (χ3v) is 5.52. The quantitative estimate of drug-likeness (QED) is 0.559. The van der Waals surface area contributed by atoms with Crippen LogP contribution in [0.4, 0.5) is 0 Å². The van der Waals surface area contributed by atoms with E-state index in [0.717, 1.165) is 11.3 Å². The van der Waals surface area contributed by atoms with Crippen molar-refractivity contribution in [2.75, 3.05) is 20.1 Å². The fourth-order valence-corrected chi connectivity index (χ4v) is 4.21. The molecular weight excluding hydrogens is 324 g/mol. The minimum absolute atomic E-state index is 0.158. The van der Waals surface area contributed by atoms with Crippen LogP contribution in [0.5, 0.6) is 0 Å². The van der Waals surface area contributed by atoms with Crippen LogP contribution in [0.2, 0.25) is 0 Å². The minimum atomic E-state index is -0.262. The summed E-state index contributed by atoms with van der Waals surface area (Å²) in [5.74, 6) is 0.156. The first-order valence-corrected chi connectivity index (χ1v) is 8.52. The molecule has 2 aliphatic carbocycles. The van der Waals surface area contributed by atoms with E-state index in [2.05, 4.69) is 10.1 Å². The topological polar surface area (TPSA) is 96.6 Å². The van der Waals surface area contributed by atoms with E-state index in [-0.39, 0.29) is 47.9 Å². The summed E-state index contributed by atoms with van der Waals surface area (Å²) in [6.07, 6.45) is 5.43. The predicted molar refractivity (Wildman–Crippen MR) is 84.8 cm³/mol. The van der Waals surface area contributed by atoms with Crippen LogP contribution < -0.4 is 0 Å². The zero-order chi connectivity index (χ0) is 17.7. The highest BCUT2D eigenvalue weighted by Gasteiger charge is 2.59. The standard InChI is InChI=1S/C17H20N4O4/c1-9-18-12(19-25-9)5-6-20(2)13(22)8-21-16(23)14-10-3-4-11(7-10)15(14)17(21)24/h3-4,10-11,14-15H,5-8H2,1-2H3. The maximum atomic E-state index is 12.6. The van der Waals surface area contributed by atoms with Gasteiger partial charge in [0, 0.05) is 26.9 Å². The molecule has 1 saturated heterocycles. The number of rotatable bonds is 5. The number of aromatic nitrogens is 2. The van der Waals surface area contributed by atoms with E-state index < -0.39 is 0 Å². The van der Waals surface area contributed by atoms with Gasteiger partial charge in [-0.2, -0.15) is 4.98 Å². The first-order valence-electron chi connectivity index (χ1n) is 8.52. The predicted octanol–water partition coefficient (Wildman–Crippen LogP) is 0.186. The second kappa shape index (κ2) is 5.79. The fourth-order valence-electron chi connectivity index (χ4n) is 4.21. The Morgan fingerprint density at radius 2 is 1.92 bits per heavy atom. The Bertz CT molecular complexity index is 740. The van der Waals surface area contributed by atoms with Gasteiger partial charge in [-0.05, 0) is 18.3 Å². The Morgan fingerprint density at radius 1 is 1.28 bits per heavy atom. The molecular formula is C17H20N4O4. The van der Waals surface area contributed by atoms with Gasteiger partial charge in [-0.1, -0.05) is 17.3 Å². The lowest BCUT2D eigenvalue weighted by atomic mass is 9.85. The van der Waals surface area contributed by atoms with Crippen LogP contribution in [0.25, 0.3) is 0 Å². The normalized spacial score (nSPS) is 29.6. The molecule has 0 spiro atoms. The Labute approximate surface area is 144 Å². The summed E-state index contributed by atoms with van der Waals surface area (Å²) in [7, 11) is 1.65. The van der Waals surface area contributed by atoms with E-state index in [1.54, 1.807) is 14.0 Å². The third-order valence-electron chi connectivity index (χ3n) is 5.52. The van der Waals surface area contributed by atoms with Gasteiger partial charge >= 0.3 is 0 Å². The number of aryl methyl sites for hydroxylation is 1. The van der Waals surface area contributed by atoms with Crippen LogP contribution >= 0.6 is 0 Å². The smallest absolute Gasteiger partial charge is 0.242 e. The van der Waals surface area contributed by atoms with Gasteiger partial charge in [0.1, 0.15) is 6.54 Å². The van der Waals surface area contributed by atoms with Crippen LogP contribution in [-0.2, 0) is 20.8 Å². The molecule has 3 amide bonds. The third kappa shape index (κ3) is 2.56. The van der Waals surface area contributed by atoms with Crippen LogP contribution in [0.3, 0.4) is 0 Å². The molecule has 25 heavy (non-hydrogen) atoms. The summed E-state index contributed by atoms with van der Waals surface area (Å²) in [5.41, 5.74) is 0. The lowest BCUT2D eigenvalue weighted by Gasteiger charge is -2.21. The van der Waals surface area contributed by atoms with E-state index in [0.29, 0.717) is 24.7 Å². The molecule has 2 bridgehead atoms. The molecule has 2 fully saturated rings. The van der Waals surface area contributed by atoms with Crippen molar-refractivity contribution >= 4 is 17.7 Å². The molecule has 4 atom stereocenters. The highest BCUT2D eigenvalue weighted by Crippen LogP contribution is 2.52. The van der Waals surface area contributed by atoms with Crippen LogP contribution in [0.1, 0.15) is 18.1 Å². The van der Waals surface area contributed by atoms with Gasteiger partial charge in [-0.15, -0.1) is 0 Å². The van der Waals surface area contributed by atoms with Crippen molar-refractivity contribution in [3.8, 4) is 0 Å². The summed E-state index contributed by atoms with van der Waals surface area (Å²) in [6, 6.07) is 0. The first-order chi connectivity index (χ1) is 12.0. The maximum Gasteiger partial charge on any atom is 0.242 e. The molecule has 0 radical (unpaired) electrons. The molecule has 3 aliphatic rings. The molecule has 1 aromatic heterocycles. The summed E-state index contributed by atoms with van der Waals surface area (Å²) >= 11 is 0. The molecule has 0 N–H and O–H groups in total. The van der Waals surface area contributed by atoms with Gasteiger partial charge in [0.15, 0.2) is 5.82 Å². The van der Waals surface area contributed by atoms with Gasteiger partial charge in [0.05, 0.1) is 11.8 Å². The SMILES string of the molecule is Cc1nc(CCN(C)C(=O)CN2C(=O)C3C4C=CC(C4)C3C2=O)no1. The van der Waals surface area contributed by atoms with Crippen molar-refractivity contribution < 1.29 is 18.9 Å². The van der Waals surface area contributed by atoms with Crippen LogP contribution in [0, 0.1) is 30.6 Å². The number of likely N-dealkylation sites (tertiary alicyclic amines) is 1. The minimum Gasteiger partial charge on any atom is -0.344 e. The van der Waals surface area contributed by atoms with Gasteiger partial charge in [-0.3, -0.25) is 19.3 Å². The number of amides is 3. The number of carbonyl (C=O) groups excluding carboxylic acids is 3. The summed E-state index contributed by atoms with van der Waals surface area (Å²) in [5, 5.41) is 3.79. The molecule has 1 saturated carbocycles. The van der Waals surface area contributed by atoms with E-state index in [1.807, 2.05) is 12.2 Å². The van der Waals surface area contributed by atoms with Crippen molar-refractivity contribution in [2.45, 2.75) is 19.8 Å². The molecule has 132 valence electrons. The van der Waals surface area contributed by atoms with Gasteiger partial charge in [0.2, 0.25) is 23.6 Å². The van der Waals surface area contributed by atoms with Gasteiger partial charge in [-0.25, -0.2) is 0 Å². The number of hydrogen-bond acceptors (Lipinski definition) is 6. The van der Waals surface area contributed by atoms with E-state index >= 15 is 0 Å². The average Bonchev–Trinajstić information content (AvgIpc) is 3.34. The highest BCUT2D eigenvalue weighted by atomic mass is 16.5. The van der Waals surface area contributed by atoms with Crippen molar-refractivity contribution in [1.29, 1.82) is 0 Å². The Kier molecular flexibility index (Phi) is 3.70. The van der Waals surface area contributed by atoms with Gasteiger partial charge in [0.25, 0.3) is 0 Å². The van der Waals surface area contributed by atoms with Crippen LogP contribution in [-0.4, -0.2) is 57.8 Å². The number of fused-ring (bicyclic) bond motifs is 5. The zero-order valence-corrected chi connectivity index (χ0v) is 14.2. The molecule has 8 heteroatoms. The van der Waals surface area contributed by atoms with Crippen molar-refractivity contribution in [3.05, 3.63) is 23.9 Å². The van der Waals surface area contributed by atoms with E-state index in [9.17, 15) is 14.4 Å². The Morgan fingerprint density at radius 3 is 2.48 bits per heavy atom. The van der Waals surface area contributed by atoms with Gasteiger partial charge < -0.3 is 9.42 Å². The number of hydrogen-bond donors (Lipinski definition) is 0. The van der Waals surface area contributed by atoms with Crippen molar-refractivity contribution in [1.82, 2.24) is 19.9 Å². The molecule has 4 unspecified atom stereocenters. The van der Waals surface area contributed by atoms with Crippen LogP contribution in [0.15, 0.2) is 16.7 Å². The molecule has 2 heterocycles. The molecule has 4 rings (SSSR count). The second-order valence-electron chi connectivity index (χ2n) is 7.06. The molecule has 8 nitrogen and oxygen atoms in total. The van der Waals surface area contributed by atoms with Crippen molar-refractivity contribution in [2.24, 2.45) is 23.7 Å². The molecule has 1 aromatic rings. The average molecular weight is 344 g/mol. The summed E-state index contributed by atoms with van der Waals surface area (Å²) < 4.78 is 4.89. The Hall–Kier alpha value is -2.51. The van der Waals surface area contributed by atoms with E-state index in [1.165, 1.54) is 4.90 Å².